The molecule has 192 valence electrons. The van der Waals surface area contributed by atoms with Crippen LogP contribution in [0.5, 0.6) is 11.5 Å². The Labute approximate surface area is 235 Å². The lowest BCUT2D eigenvalue weighted by Gasteiger charge is -2.39. The van der Waals surface area contributed by atoms with Gasteiger partial charge in [0, 0.05) is 17.7 Å². The van der Waals surface area contributed by atoms with Gasteiger partial charge in [0.25, 0.3) is 0 Å². The number of ether oxygens (including phenoxy) is 1. The highest BCUT2D eigenvalue weighted by Gasteiger charge is 2.51. The fourth-order valence-corrected chi connectivity index (χ4v) is 7.01. The molecule has 0 radical (unpaired) electrons. The predicted octanol–water partition coefficient (Wildman–Crippen LogP) is 8.88. The van der Waals surface area contributed by atoms with Gasteiger partial charge in [-0.05, 0) is 81.6 Å². The van der Waals surface area contributed by atoms with Crippen LogP contribution in [0.25, 0.3) is 27.8 Å². The van der Waals surface area contributed by atoms with E-state index in [1.165, 1.54) is 61.2 Å². The molecule has 1 spiro atoms. The molecule has 3 aliphatic rings. The summed E-state index contributed by atoms with van der Waals surface area (Å²) < 4.78 is 6.55. The van der Waals surface area contributed by atoms with E-state index in [2.05, 4.69) is 127 Å². The maximum atomic E-state index is 6.55. The standard InChI is InChI=1S/C38H29NO/c39-24-25-9-8-12-27(21-25)29-18-20-31-30-19-17-28(26-10-2-1-3-11-26)22-34(30)38(35(31)23-29)32-13-4-6-15-36(32)40-37-16-7-5-14-33(37)38/h1-7,10-23H,8-9,24,39H2. The van der Waals surface area contributed by atoms with Crippen LogP contribution in [0.3, 0.4) is 0 Å². The highest BCUT2D eigenvalue weighted by molar-refractivity contribution is 5.92. The number of fused-ring (bicyclic) bond motifs is 9. The van der Waals surface area contributed by atoms with E-state index >= 15 is 0 Å². The molecule has 0 fully saturated rings. The van der Waals surface area contributed by atoms with Gasteiger partial charge in [-0.2, -0.15) is 0 Å². The minimum absolute atomic E-state index is 0.494. The van der Waals surface area contributed by atoms with Crippen molar-refractivity contribution >= 4 is 5.57 Å². The molecule has 5 aromatic carbocycles. The van der Waals surface area contributed by atoms with E-state index in [0.29, 0.717) is 6.54 Å². The molecule has 0 saturated heterocycles. The molecule has 2 heteroatoms. The SMILES string of the molecule is NCC1=CC(c2ccc3c(c2)C2(c4ccccc4Oc4ccccc42)c2cc(-c4ccccc4)ccc2-3)=CCC1. The van der Waals surface area contributed by atoms with Gasteiger partial charge in [-0.1, -0.05) is 109 Å². The van der Waals surface area contributed by atoms with E-state index in [1.807, 2.05) is 0 Å². The highest BCUT2D eigenvalue weighted by Crippen LogP contribution is 2.62. The number of hydrogen-bond donors (Lipinski definition) is 1. The zero-order valence-electron chi connectivity index (χ0n) is 22.2. The van der Waals surface area contributed by atoms with Crippen LogP contribution in [-0.2, 0) is 5.41 Å². The van der Waals surface area contributed by atoms with Gasteiger partial charge < -0.3 is 10.5 Å². The van der Waals surface area contributed by atoms with Crippen molar-refractivity contribution in [2.24, 2.45) is 5.73 Å². The van der Waals surface area contributed by atoms with Crippen LogP contribution in [-0.4, -0.2) is 6.54 Å². The Morgan fingerprint density at radius 2 is 1.20 bits per heavy atom. The van der Waals surface area contributed by atoms with Crippen LogP contribution in [0.2, 0.25) is 0 Å². The molecule has 2 N–H and O–H groups in total. The van der Waals surface area contributed by atoms with Crippen molar-refractivity contribution in [3.63, 3.8) is 0 Å². The van der Waals surface area contributed by atoms with Crippen molar-refractivity contribution in [2.45, 2.75) is 18.3 Å². The average Bonchev–Trinajstić information content (AvgIpc) is 3.31. The number of allylic oxidation sites excluding steroid dienone is 3. The maximum absolute atomic E-state index is 6.55. The van der Waals surface area contributed by atoms with Crippen molar-refractivity contribution in [2.75, 3.05) is 6.54 Å². The van der Waals surface area contributed by atoms with E-state index in [0.717, 1.165) is 24.3 Å². The summed E-state index contributed by atoms with van der Waals surface area (Å²) in [5.74, 6) is 1.83. The van der Waals surface area contributed by atoms with Crippen LogP contribution in [0.15, 0.2) is 133 Å². The first-order chi connectivity index (χ1) is 19.8. The Balaban J connectivity index is 1.46. The molecule has 5 aromatic rings. The van der Waals surface area contributed by atoms with Gasteiger partial charge in [0.1, 0.15) is 11.5 Å². The second-order valence-corrected chi connectivity index (χ2v) is 10.9. The zero-order valence-corrected chi connectivity index (χ0v) is 22.2. The highest BCUT2D eigenvalue weighted by atomic mass is 16.5. The van der Waals surface area contributed by atoms with Crippen LogP contribution in [0.4, 0.5) is 0 Å². The molecule has 0 saturated carbocycles. The van der Waals surface area contributed by atoms with Crippen molar-refractivity contribution < 1.29 is 4.74 Å². The Morgan fingerprint density at radius 1 is 0.600 bits per heavy atom. The molecule has 8 rings (SSSR count). The molecule has 1 aliphatic heterocycles. The monoisotopic (exact) mass is 515 g/mol. The summed E-state index contributed by atoms with van der Waals surface area (Å²) in [6, 6.07) is 41.8. The van der Waals surface area contributed by atoms with Crippen LogP contribution >= 0.6 is 0 Å². The van der Waals surface area contributed by atoms with Crippen molar-refractivity contribution in [1.82, 2.24) is 0 Å². The number of para-hydroxylation sites is 2. The van der Waals surface area contributed by atoms with Crippen LogP contribution in [0, 0.1) is 0 Å². The third-order valence-corrected chi connectivity index (χ3v) is 8.83. The molecule has 0 atom stereocenters. The second-order valence-electron chi connectivity index (χ2n) is 10.9. The Hall–Kier alpha value is -4.66. The molecule has 0 amide bonds. The van der Waals surface area contributed by atoms with Crippen molar-refractivity contribution in [3.05, 3.63) is 161 Å². The van der Waals surface area contributed by atoms with Gasteiger partial charge in [-0.3, -0.25) is 0 Å². The predicted molar refractivity (Wildman–Crippen MR) is 164 cm³/mol. The molecular weight excluding hydrogens is 486 g/mol. The number of hydrogen-bond acceptors (Lipinski definition) is 2. The van der Waals surface area contributed by atoms with Gasteiger partial charge in [0.05, 0.1) is 5.41 Å². The number of rotatable bonds is 3. The van der Waals surface area contributed by atoms with E-state index in [4.69, 9.17) is 10.5 Å². The average molecular weight is 516 g/mol. The first-order valence-electron chi connectivity index (χ1n) is 14.1. The Bertz CT molecular complexity index is 1820. The first-order valence-corrected chi connectivity index (χ1v) is 14.1. The smallest absolute Gasteiger partial charge is 0.132 e. The van der Waals surface area contributed by atoms with E-state index in [1.54, 1.807) is 0 Å². The van der Waals surface area contributed by atoms with E-state index < -0.39 is 5.41 Å². The first kappa shape index (κ1) is 23.2. The van der Waals surface area contributed by atoms with Gasteiger partial charge >= 0.3 is 0 Å². The minimum atomic E-state index is -0.494. The van der Waals surface area contributed by atoms with Crippen LogP contribution in [0.1, 0.15) is 40.7 Å². The number of benzene rings is 5. The van der Waals surface area contributed by atoms with Gasteiger partial charge in [-0.25, -0.2) is 0 Å². The summed E-state index contributed by atoms with van der Waals surface area (Å²) >= 11 is 0. The quantitative estimate of drug-likeness (QED) is 0.255. The number of nitrogens with two attached hydrogens (primary N) is 1. The lowest BCUT2D eigenvalue weighted by molar-refractivity contribution is 0.436. The summed E-state index contributed by atoms with van der Waals surface area (Å²) in [4.78, 5) is 0. The normalized spacial score (nSPS) is 15.7. The van der Waals surface area contributed by atoms with Gasteiger partial charge in [0.2, 0.25) is 0 Å². The maximum Gasteiger partial charge on any atom is 0.132 e. The van der Waals surface area contributed by atoms with Gasteiger partial charge in [0.15, 0.2) is 0 Å². The summed E-state index contributed by atoms with van der Waals surface area (Å²) in [5, 5.41) is 0. The third-order valence-electron chi connectivity index (χ3n) is 8.83. The molecule has 0 bridgehead atoms. The molecule has 0 unspecified atom stereocenters. The molecule has 40 heavy (non-hydrogen) atoms. The molecule has 2 aliphatic carbocycles. The van der Waals surface area contributed by atoms with Crippen molar-refractivity contribution in [1.29, 1.82) is 0 Å². The van der Waals surface area contributed by atoms with E-state index in [9.17, 15) is 0 Å². The molecule has 0 aromatic heterocycles. The third kappa shape index (κ3) is 3.27. The van der Waals surface area contributed by atoms with Crippen LogP contribution < -0.4 is 10.5 Å². The van der Waals surface area contributed by atoms with Gasteiger partial charge in [-0.15, -0.1) is 0 Å². The molecule has 1 heterocycles. The largest absolute Gasteiger partial charge is 0.457 e. The summed E-state index contributed by atoms with van der Waals surface area (Å²) in [6.45, 7) is 0.609. The molecular formula is C38H29NO. The second kappa shape index (κ2) is 8.94. The summed E-state index contributed by atoms with van der Waals surface area (Å²) in [5.41, 5.74) is 19.4. The fourth-order valence-electron chi connectivity index (χ4n) is 7.01. The Kier molecular flexibility index (Phi) is 5.20. The topological polar surface area (TPSA) is 35.2 Å². The zero-order chi connectivity index (χ0) is 26.7. The lowest BCUT2D eigenvalue weighted by Crippen LogP contribution is -2.32. The summed E-state index contributed by atoms with van der Waals surface area (Å²) in [7, 11) is 0. The summed E-state index contributed by atoms with van der Waals surface area (Å²) in [6.07, 6.45) is 6.72. The Morgan fingerprint density at radius 3 is 1.88 bits per heavy atom. The lowest BCUT2D eigenvalue weighted by atomic mass is 9.65. The van der Waals surface area contributed by atoms with Crippen molar-refractivity contribution in [3.8, 4) is 33.8 Å². The van der Waals surface area contributed by atoms with E-state index in [-0.39, 0.29) is 0 Å². The fraction of sp³-hybridized carbons (Fsp3) is 0.105. The molecule has 2 nitrogen and oxygen atoms in total. The minimum Gasteiger partial charge on any atom is -0.457 e.